The maximum atomic E-state index is 10.4. The van der Waals surface area contributed by atoms with Gasteiger partial charge in [0.05, 0.1) is 14.1 Å². The van der Waals surface area contributed by atoms with Gasteiger partial charge in [-0.15, -0.1) is 0 Å². The number of aliphatic hydroxyl groups is 1. The fourth-order valence-electron chi connectivity index (χ4n) is 4.52. The molecule has 0 bridgehead atoms. The molecule has 0 amide bonds. The van der Waals surface area contributed by atoms with Crippen LogP contribution < -0.4 is 18.1 Å². The SMILES string of the molecule is CCC(N)[N+](C)(C)C(O)CC.CCCCCCCCCCCCCCCCCCCCCC(=O)O.[Cl-]. The van der Waals surface area contributed by atoms with E-state index in [4.69, 9.17) is 10.8 Å². The number of nitrogens with two attached hydrogens (primary N) is 1. The van der Waals surface area contributed by atoms with E-state index >= 15 is 0 Å². The molecule has 220 valence electrons. The number of carboxylic acids is 1. The van der Waals surface area contributed by atoms with Crippen molar-refractivity contribution in [2.45, 2.75) is 174 Å². The first-order valence-electron chi connectivity index (χ1n) is 15.2. The molecule has 0 fully saturated rings. The van der Waals surface area contributed by atoms with Gasteiger partial charge in [-0.1, -0.05) is 136 Å². The monoisotopic (exact) mass is 536 g/mol. The standard InChI is InChI=1S/C22H44O2.C8H21N2O.ClH/c1-2-3-4-5-6-7-8-9-10-11-12-13-14-15-16-17-18-19-20-21-22(23)24;1-5-7(9)10(3,4)8(11)6-2;/h2-21H2,1H3,(H,23,24);7-8,11H,5-6,9H2,1-4H3;1H/q;+1;/p-1. The van der Waals surface area contributed by atoms with E-state index in [0.29, 0.717) is 10.9 Å². The number of quaternary nitrogens is 1. The van der Waals surface area contributed by atoms with Crippen molar-refractivity contribution < 1.29 is 31.9 Å². The van der Waals surface area contributed by atoms with Crippen LogP contribution in [0.1, 0.15) is 162 Å². The van der Waals surface area contributed by atoms with Gasteiger partial charge in [0.2, 0.25) is 0 Å². The van der Waals surface area contributed by atoms with Crippen molar-refractivity contribution in [2.75, 3.05) is 14.1 Å². The summed E-state index contributed by atoms with van der Waals surface area (Å²) >= 11 is 0. The van der Waals surface area contributed by atoms with Gasteiger partial charge in [0, 0.05) is 19.3 Å². The first kappa shape index (κ1) is 40.1. The molecule has 0 aliphatic rings. The fourth-order valence-corrected chi connectivity index (χ4v) is 4.52. The van der Waals surface area contributed by atoms with Gasteiger partial charge < -0.3 is 22.6 Å². The van der Waals surface area contributed by atoms with E-state index in [9.17, 15) is 9.90 Å². The second kappa shape index (κ2) is 29.2. The molecule has 0 saturated heterocycles. The van der Waals surface area contributed by atoms with Crippen molar-refractivity contribution in [3.8, 4) is 0 Å². The van der Waals surface area contributed by atoms with Gasteiger partial charge in [0.1, 0.15) is 6.17 Å². The van der Waals surface area contributed by atoms with Gasteiger partial charge in [0.25, 0.3) is 0 Å². The van der Waals surface area contributed by atoms with Crippen LogP contribution in [-0.4, -0.2) is 47.2 Å². The average molecular weight is 537 g/mol. The first-order valence-corrected chi connectivity index (χ1v) is 15.2. The third-order valence-corrected chi connectivity index (χ3v) is 7.40. The second-order valence-corrected chi connectivity index (χ2v) is 11.0. The molecule has 0 aromatic carbocycles. The van der Waals surface area contributed by atoms with Gasteiger partial charge in [-0.3, -0.25) is 15.0 Å². The molecule has 0 aliphatic carbocycles. The van der Waals surface area contributed by atoms with Crippen molar-refractivity contribution >= 4 is 5.97 Å². The Morgan fingerprint density at radius 2 is 0.944 bits per heavy atom. The van der Waals surface area contributed by atoms with E-state index < -0.39 is 5.97 Å². The lowest BCUT2D eigenvalue weighted by molar-refractivity contribution is -0.959. The van der Waals surface area contributed by atoms with Crippen LogP contribution in [-0.2, 0) is 4.79 Å². The summed E-state index contributed by atoms with van der Waals surface area (Å²) in [6.07, 6.45) is 27.4. The number of carbonyl (C=O) groups is 1. The Hall–Kier alpha value is -0.360. The Bertz CT molecular complexity index is 438. The van der Waals surface area contributed by atoms with Crippen LogP contribution in [0.25, 0.3) is 0 Å². The Balaban J connectivity index is -0.000000764. The Labute approximate surface area is 232 Å². The van der Waals surface area contributed by atoms with E-state index in [1.807, 2.05) is 27.9 Å². The number of hydrogen-bond acceptors (Lipinski definition) is 3. The zero-order valence-corrected chi connectivity index (χ0v) is 25.7. The summed E-state index contributed by atoms with van der Waals surface area (Å²) in [6, 6.07) is 0. The molecular weight excluding hydrogens is 472 g/mol. The predicted octanol–water partition coefficient (Wildman–Crippen LogP) is 5.38. The molecule has 0 saturated carbocycles. The topological polar surface area (TPSA) is 83.5 Å². The number of unbranched alkanes of at least 4 members (excludes halogenated alkanes) is 18. The fraction of sp³-hybridized carbons (Fsp3) is 0.967. The van der Waals surface area contributed by atoms with Crippen molar-refractivity contribution in [2.24, 2.45) is 5.73 Å². The highest BCUT2D eigenvalue weighted by atomic mass is 35.5. The van der Waals surface area contributed by atoms with E-state index in [1.54, 1.807) is 0 Å². The largest absolute Gasteiger partial charge is 1.00 e. The summed E-state index contributed by atoms with van der Waals surface area (Å²) in [6.45, 7) is 6.28. The van der Waals surface area contributed by atoms with Crippen LogP contribution in [0.2, 0.25) is 0 Å². The van der Waals surface area contributed by atoms with Crippen LogP contribution in [0.3, 0.4) is 0 Å². The van der Waals surface area contributed by atoms with Gasteiger partial charge in [-0.05, 0) is 6.42 Å². The number of hydrogen-bond donors (Lipinski definition) is 3. The minimum Gasteiger partial charge on any atom is -1.00 e. The van der Waals surface area contributed by atoms with Gasteiger partial charge in [-0.25, -0.2) is 0 Å². The summed E-state index contributed by atoms with van der Waals surface area (Å²) in [5.74, 6) is -0.651. The van der Waals surface area contributed by atoms with Crippen LogP contribution in [0.15, 0.2) is 0 Å². The third-order valence-electron chi connectivity index (χ3n) is 7.40. The molecule has 5 nitrogen and oxygen atoms in total. The molecule has 2 atom stereocenters. The van der Waals surface area contributed by atoms with E-state index in [0.717, 1.165) is 25.7 Å². The third kappa shape index (κ3) is 26.7. The molecule has 0 aromatic heterocycles. The summed E-state index contributed by atoms with van der Waals surface area (Å²) < 4.78 is 0.493. The van der Waals surface area contributed by atoms with E-state index in [2.05, 4.69) is 6.92 Å². The van der Waals surface area contributed by atoms with Crippen molar-refractivity contribution in [1.29, 1.82) is 0 Å². The molecule has 36 heavy (non-hydrogen) atoms. The lowest BCUT2D eigenvalue weighted by Gasteiger charge is -2.38. The summed E-state index contributed by atoms with van der Waals surface area (Å²) in [5, 5.41) is 18.1. The molecule has 6 heteroatoms. The number of aliphatic carboxylic acids is 1. The zero-order chi connectivity index (χ0) is 26.8. The number of carboxylic acid groups (broad SMARTS) is 1. The highest BCUT2D eigenvalue weighted by Crippen LogP contribution is 2.15. The second-order valence-electron chi connectivity index (χ2n) is 11.0. The Kier molecular flexibility index (Phi) is 32.6. The molecule has 2 unspecified atom stereocenters. The lowest BCUT2D eigenvalue weighted by atomic mass is 10.0. The van der Waals surface area contributed by atoms with Crippen LogP contribution in [0.5, 0.6) is 0 Å². The molecular formula is C30H65ClN2O3. The quantitative estimate of drug-likeness (QED) is 0.0877. The van der Waals surface area contributed by atoms with Crippen molar-refractivity contribution in [3.63, 3.8) is 0 Å². The molecule has 0 heterocycles. The van der Waals surface area contributed by atoms with Crippen molar-refractivity contribution in [3.05, 3.63) is 0 Å². The maximum absolute atomic E-state index is 10.4. The maximum Gasteiger partial charge on any atom is 0.303 e. The summed E-state index contributed by atoms with van der Waals surface area (Å²) in [4.78, 5) is 10.4. The molecule has 0 aromatic rings. The Morgan fingerprint density at radius 1 is 0.639 bits per heavy atom. The smallest absolute Gasteiger partial charge is 0.303 e. The first-order chi connectivity index (χ1) is 16.7. The normalized spacial score (nSPS) is 12.9. The van der Waals surface area contributed by atoms with Crippen molar-refractivity contribution in [1.82, 2.24) is 0 Å². The summed E-state index contributed by atoms with van der Waals surface area (Å²) in [5.41, 5.74) is 5.84. The van der Waals surface area contributed by atoms with Gasteiger partial charge in [0.15, 0.2) is 6.23 Å². The van der Waals surface area contributed by atoms with Gasteiger partial charge in [-0.2, -0.15) is 0 Å². The summed E-state index contributed by atoms with van der Waals surface area (Å²) in [7, 11) is 3.92. The number of aliphatic hydroxyl groups excluding tert-OH is 1. The Morgan fingerprint density at radius 3 is 1.19 bits per heavy atom. The van der Waals surface area contributed by atoms with Gasteiger partial charge >= 0.3 is 5.97 Å². The minimum absolute atomic E-state index is 0. The lowest BCUT2D eigenvalue weighted by Crippen LogP contribution is -3.00. The molecule has 0 aliphatic heterocycles. The molecule has 0 radical (unpaired) electrons. The van der Waals surface area contributed by atoms with E-state index in [-0.39, 0.29) is 24.8 Å². The average Bonchev–Trinajstić information content (AvgIpc) is 2.84. The number of rotatable bonds is 24. The number of halogens is 1. The van der Waals surface area contributed by atoms with E-state index in [1.165, 1.54) is 109 Å². The minimum atomic E-state index is -0.651. The molecule has 4 N–H and O–H groups in total. The highest BCUT2D eigenvalue weighted by Gasteiger charge is 2.29. The van der Waals surface area contributed by atoms with Crippen LogP contribution in [0, 0.1) is 0 Å². The number of nitrogens with zero attached hydrogens (tertiary/aromatic N) is 1. The highest BCUT2D eigenvalue weighted by molar-refractivity contribution is 5.66. The molecule has 0 spiro atoms. The molecule has 0 rings (SSSR count). The van der Waals surface area contributed by atoms with Crippen LogP contribution in [0.4, 0.5) is 0 Å². The van der Waals surface area contributed by atoms with Crippen LogP contribution >= 0.6 is 0 Å². The predicted molar refractivity (Wildman–Crippen MR) is 152 cm³/mol. The zero-order valence-electron chi connectivity index (χ0n) is 24.9.